The molecule has 25 heavy (non-hydrogen) atoms. The molecule has 2 aromatic rings. The zero-order valence-corrected chi connectivity index (χ0v) is 14.2. The molecule has 8 heteroatoms. The highest BCUT2D eigenvalue weighted by Crippen LogP contribution is 2.19. The van der Waals surface area contributed by atoms with Crippen LogP contribution < -0.4 is 5.32 Å². The van der Waals surface area contributed by atoms with Crippen molar-refractivity contribution < 1.29 is 19.4 Å². The number of aliphatic hydroxyl groups excluding tert-OH is 1. The maximum atomic E-state index is 12.6. The van der Waals surface area contributed by atoms with Gasteiger partial charge >= 0.3 is 5.97 Å². The molecule has 3 unspecified atom stereocenters. The Balaban J connectivity index is 2.20. The van der Waals surface area contributed by atoms with Gasteiger partial charge < -0.3 is 19.7 Å². The van der Waals surface area contributed by atoms with Gasteiger partial charge in [0.15, 0.2) is 6.04 Å². The van der Waals surface area contributed by atoms with Gasteiger partial charge in [-0.05, 0) is 19.4 Å². The van der Waals surface area contributed by atoms with Crippen LogP contribution in [-0.2, 0) is 14.3 Å². The van der Waals surface area contributed by atoms with Crippen LogP contribution in [0, 0.1) is 0 Å². The molecule has 0 bridgehead atoms. The standard InChI is InChI=1S/C17H22N4O4/c1-3-13(21-9-8-19-11-21)16(23)20-14(17(24)25-4-2)15(22)12-6-5-7-18-10-12/h5-11,13-15,22H,3-4H2,1-2H3,(H,20,23). The summed E-state index contributed by atoms with van der Waals surface area (Å²) in [4.78, 5) is 32.7. The maximum Gasteiger partial charge on any atom is 0.331 e. The van der Waals surface area contributed by atoms with Crippen molar-refractivity contribution in [3.8, 4) is 0 Å². The number of esters is 1. The Morgan fingerprint density at radius 3 is 2.68 bits per heavy atom. The van der Waals surface area contributed by atoms with E-state index in [-0.39, 0.29) is 6.61 Å². The minimum Gasteiger partial charge on any atom is -0.464 e. The molecule has 2 heterocycles. The summed E-state index contributed by atoms with van der Waals surface area (Å²) in [6.07, 6.45) is 7.01. The maximum absolute atomic E-state index is 12.6. The molecule has 3 atom stereocenters. The first-order valence-electron chi connectivity index (χ1n) is 8.10. The Bertz CT molecular complexity index is 675. The van der Waals surface area contributed by atoms with E-state index >= 15 is 0 Å². The first-order valence-corrected chi connectivity index (χ1v) is 8.10. The molecule has 0 fully saturated rings. The van der Waals surface area contributed by atoms with Gasteiger partial charge in [0.1, 0.15) is 12.1 Å². The van der Waals surface area contributed by atoms with Crippen molar-refractivity contribution in [3.05, 3.63) is 48.8 Å². The highest BCUT2D eigenvalue weighted by Gasteiger charge is 2.33. The third-order valence-corrected chi connectivity index (χ3v) is 3.75. The smallest absolute Gasteiger partial charge is 0.331 e. The fourth-order valence-electron chi connectivity index (χ4n) is 2.48. The number of nitrogens with one attached hydrogen (secondary N) is 1. The zero-order chi connectivity index (χ0) is 18.2. The van der Waals surface area contributed by atoms with E-state index in [1.54, 1.807) is 42.2 Å². The van der Waals surface area contributed by atoms with Crippen LogP contribution >= 0.6 is 0 Å². The molecule has 0 radical (unpaired) electrons. The van der Waals surface area contributed by atoms with Crippen molar-refractivity contribution >= 4 is 11.9 Å². The number of carbonyl (C=O) groups excluding carboxylic acids is 2. The van der Waals surface area contributed by atoms with Crippen LogP contribution in [0.25, 0.3) is 0 Å². The molecule has 8 nitrogen and oxygen atoms in total. The van der Waals surface area contributed by atoms with E-state index in [4.69, 9.17) is 4.74 Å². The molecule has 0 saturated heterocycles. The summed E-state index contributed by atoms with van der Waals surface area (Å²) in [5, 5.41) is 13.1. The average Bonchev–Trinajstić information content (AvgIpc) is 3.15. The van der Waals surface area contributed by atoms with Crippen LogP contribution in [0.5, 0.6) is 0 Å². The highest BCUT2D eigenvalue weighted by molar-refractivity contribution is 5.87. The normalized spacial score (nSPS) is 14.4. The second kappa shape index (κ2) is 8.93. The van der Waals surface area contributed by atoms with Gasteiger partial charge in [0.25, 0.3) is 0 Å². The highest BCUT2D eigenvalue weighted by atomic mass is 16.5. The topological polar surface area (TPSA) is 106 Å². The van der Waals surface area contributed by atoms with Gasteiger partial charge in [-0.2, -0.15) is 0 Å². The number of rotatable bonds is 8. The fourth-order valence-corrected chi connectivity index (χ4v) is 2.48. The van der Waals surface area contributed by atoms with Crippen molar-refractivity contribution in [1.29, 1.82) is 0 Å². The number of amides is 1. The Morgan fingerprint density at radius 1 is 1.32 bits per heavy atom. The van der Waals surface area contributed by atoms with Gasteiger partial charge in [-0.15, -0.1) is 0 Å². The van der Waals surface area contributed by atoms with E-state index in [0.29, 0.717) is 12.0 Å². The average molecular weight is 346 g/mol. The van der Waals surface area contributed by atoms with Crippen LogP contribution in [0.2, 0.25) is 0 Å². The number of aliphatic hydroxyl groups is 1. The largest absolute Gasteiger partial charge is 0.464 e. The molecule has 134 valence electrons. The Labute approximate surface area is 145 Å². The van der Waals surface area contributed by atoms with Crippen LogP contribution in [-0.4, -0.2) is 44.2 Å². The number of carbonyl (C=O) groups is 2. The molecule has 2 rings (SSSR count). The van der Waals surface area contributed by atoms with Crippen LogP contribution in [0.15, 0.2) is 43.2 Å². The Morgan fingerprint density at radius 2 is 2.12 bits per heavy atom. The molecule has 0 aliphatic carbocycles. The van der Waals surface area contributed by atoms with E-state index in [2.05, 4.69) is 15.3 Å². The van der Waals surface area contributed by atoms with Crippen LogP contribution in [0.1, 0.15) is 38.0 Å². The summed E-state index contributed by atoms with van der Waals surface area (Å²) < 4.78 is 6.65. The van der Waals surface area contributed by atoms with E-state index in [9.17, 15) is 14.7 Å². The van der Waals surface area contributed by atoms with Crippen molar-refractivity contribution in [2.45, 2.75) is 38.5 Å². The molecule has 1 amide bonds. The monoisotopic (exact) mass is 346 g/mol. The van der Waals surface area contributed by atoms with Gasteiger partial charge in [0, 0.05) is 30.4 Å². The van der Waals surface area contributed by atoms with Crippen molar-refractivity contribution in [2.24, 2.45) is 0 Å². The second-order valence-electron chi connectivity index (χ2n) is 5.40. The molecule has 0 aromatic carbocycles. The van der Waals surface area contributed by atoms with Crippen LogP contribution in [0.3, 0.4) is 0 Å². The predicted octanol–water partition coefficient (Wildman–Crippen LogP) is 1.01. The van der Waals surface area contributed by atoms with Gasteiger partial charge in [0.05, 0.1) is 12.9 Å². The SMILES string of the molecule is CCOC(=O)C(NC(=O)C(CC)n1ccnc1)C(O)c1cccnc1. The molecule has 0 aliphatic rings. The third-order valence-electron chi connectivity index (χ3n) is 3.75. The fraction of sp³-hybridized carbons (Fsp3) is 0.412. The lowest BCUT2D eigenvalue weighted by Gasteiger charge is -2.25. The Kier molecular flexibility index (Phi) is 6.64. The third kappa shape index (κ3) is 4.63. The van der Waals surface area contributed by atoms with E-state index in [0.717, 1.165) is 0 Å². The second-order valence-corrected chi connectivity index (χ2v) is 5.40. The van der Waals surface area contributed by atoms with Crippen LogP contribution in [0.4, 0.5) is 0 Å². The molecular formula is C17H22N4O4. The number of ether oxygens (including phenoxy) is 1. The van der Waals surface area contributed by atoms with Crippen molar-refractivity contribution in [3.63, 3.8) is 0 Å². The van der Waals surface area contributed by atoms with Crippen molar-refractivity contribution in [2.75, 3.05) is 6.61 Å². The number of pyridine rings is 1. The minimum atomic E-state index is -1.27. The lowest BCUT2D eigenvalue weighted by molar-refractivity contribution is -0.151. The number of aromatic nitrogens is 3. The predicted molar refractivity (Wildman–Crippen MR) is 89.3 cm³/mol. The zero-order valence-electron chi connectivity index (χ0n) is 14.2. The molecule has 0 saturated carbocycles. The van der Waals surface area contributed by atoms with E-state index in [1.165, 1.54) is 12.5 Å². The summed E-state index contributed by atoms with van der Waals surface area (Å²) in [6, 6.07) is 1.50. The van der Waals surface area contributed by atoms with Crippen molar-refractivity contribution in [1.82, 2.24) is 19.9 Å². The number of nitrogens with zero attached hydrogens (tertiary/aromatic N) is 3. The summed E-state index contributed by atoms with van der Waals surface area (Å²) in [7, 11) is 0. The lowest BCUT2D eigenvalue weighted by atomic mass is 10.0. The molecule has 2 aromatic heterocycles. The molecule has 0 spiro atoms. The Hall–Kier alpha value is -2.74. The van der Waals surface area contributed by atoms with Gasteiger partial charge in [-0.25, -0.2) is 9.78 Å². The summed E-state index contributed by atoms with van der Waals surface area (Å²) in [6.45, 7) is 3.65. The molecular weight excluding hydrogens is 324 g/mol. The first kappa shape index (κ1) is 18.6. The van der Waals surface area contributed by atoms with E-state index < -0.39 is 30.1 Å². The van der Waals surface area contributed by atoms with Gasteiger partial charge in [0.2, 0.25) is 5.91 Å². The lowest BCUT2D eigenvalue weighted by Crippen LogP contribution is -2.48. The minimum absolute atomic E-state index is 0.143. The summed E-state index contributed by atoms with van der Waals surface area (Å²) >= 11 is 0. The van der Waals surface area contributed by atoms with E-state index in [1.807, 2.05) is 6.92 Å². The summed E-state index contributed by atoms with van der Waals surface area (Å²) in [5.74, 6) is -1.10. The number of hydrogen-bond donors (Lipinski definition) is 2. The molecule has 2 N–H and O–H groups in total. The molecule has 0 aliphatic heterocycles. The first-order chi connectivity index (χ1) is 12.1. The van der Waals surface area contributed by atoms with Gasteiger partial charge in [-0.1, -0.05) is 13.0 Å². The summed E-state index contributed by atoms with van der Waals surface area (Å²) in [5.41, 5.74) is 0.413. The number of hydrogen-bond acceptors (Lipinski definition) is 6. The number of imidazole rings is 1. The quantitative estimate of drug-likeness (QED) is 0.691. The van der Waals surface area contributed by atoms with Gasteiger partial charge in [-0.3, -0.25) is 9.78 Å².